The lowest BCUT2D eigenvalue weighted by molar-refractivity contribution is -0.136. The SMILES string of the molecule is CC(O)C(CO)NC(=O)C1CSSC[C@H](NC(=O)C(N)Cc2ccccc2)C(=O)NC(Cc2ccccc2)C(=O)N[C@H](Cc2c[nH]c3ccccc23)C(=O)NC(CCCCN)C(=O)NC([C@@H](C)O)C(=O)N1. The van der Waals surface area contributed by atoms with Gasteiger partial charge in [0.05, 0.1) is 30.9 Å². The molecule has 1 aliphatic rings. The van der Waals surface area contributed by atoms with Gasteiger partial charge in [-0.2, -0.15) is 0 Å². The molecule has 5 rings (SSSR count). The van der Waals surface area contributed by atoms with Gasteiger partial charge < -0.3 is 69.0 Å². The molecule has 0 aliphatic carbocycles. The maximum absolute atomic E-state index is 14.7. The molecule has 0 bridgehead atoms. The van der Waals surface area contributed by atoms with Gasteiger partial charge in [0.2, 0.25) is 41.4 Å². The minimum absolute atomic E-state index is 0.0340. The van der Waals surface area contributed by atoms with Crippen LogP contribution in [0.3, 0.4) is 0 Å². The first-order chi connectivity index (χ1) is 34.1. The van der Waals surface area contributed by atoms with Gasteiger partial charge in [0.25, 0.3) is 0 Å². The third-order valence-electron chi connectivity index (χ3n) is 11.9. The Bertz CT molecular complexity index is 2400. The second-order valence-electron chi connectivity index (χ2n) is 17.5. The number of aliphatic hydroxyl groups excluding tert-OH is 3. The van der Waals surface area contributed by atoms with Gasteiger partial charge in [-0.25, -0.2) is 0 Å². The second-order valence-corrected chi connectivity index (χ2v) is 20.0. The molecule has 15 N–H and O–H groups in total. The summed E-state index contributed by atoms with van der Waals surface area (Å²) in [6.07, 6.45) is -0.156. The van der Waals surface area contributed by atoms with Gasteiger partial charge in [-0.1, -0.05) is 100 Å². The Balaban J connectivity index is 1.56. The molecule has 0 saturated carbocycles. The first-order valence-corrected chi connectivity index (χ1v) is 26.0. The van der Waals surface area contributed by atoms with Gasteiger partial charge in [0.15, 0.2) is 0 Å². The molecule has 22 heteroatoms. The molecule has 0 spiro atoms. The standard InChI is InChI=1S/C49H66N10O10S2/c1-28(61)39(25-60)56-48(68)41-27-71-70-26-40(57-43(63)34(51)21-30-13-5-3-6-14-30)47(67)54-37(22-31-15-7-4-8-16-31)45(65)55-38(23-32-24-52-35-18-10-9-17-33(32)35)46(66)53-36(19-11-12-20-50)44(64)59-42(29(2)62)49(69)58-41/h3-10,13-18,24,28-29,34,36-42,52,60-62H,11-12,19-23,25-27,50-51H2,1-2H3,(H,53,66)(H,54,67)(H,55,65)(H,56,68)(H,57,63)(H,58,69)(H,59,64)/t28?,29-,34?,36?,37?,38-,39?,40+,41?,42?/m1/s1. The average Bonchev–Trinajstić information content (AvgIpc) is 3.76. The minimum Gasteiger partial charge on any atom is -0.394 e. The van der Waals surface area contributed by atoms with E-state index in [0.29, 0.717) is 24.0 Å². The summed E-state index contributed by atoms with van der Waals surface area (Å²) < 4.78 is 0. The van der Waals surface area contributed by atoms with Crippen molar-refractivity contribution in [3.63, 3.8) is 0 Å². The summed E-state index contributed by atoms with van der Waals surface area (Å²) >= 11 is 0. The number of fused-ring (bicyclic) bond motifs is 1. The van der Waals surface area contributed by atoms with Crippen LogP contribution in [0.4, 0.5) is 0 Å². The third kappa shape index (κ3) is 17.1. The van der Waals surface area contributed by atoms with Crippen LogP contribution in [0.2, 0.25) is 0 Å². The summed E-state index contributed by atoms with van der Waals surface area (Å²) in [4.78, 5) is 103. The van der Waals surface area contributed by atoms with Crippen LogP contribution in [0.25, 0.3) is 10.9 Å². The highest BCUT2D eigenvalue weighted by Crippen LogP contribution is 2.24. The van der Waals surface area contributed by atoms with Crippen molar-refractivity contribution < 1.29 is 48.9 Å². The summed E-state index contributed by atoms with van der Waals surface area (Å²) in [5.74, 6) is -6.01. The highest BCUT2D eigenvalue weighted by Gasteiger charge is 2.36. The van der Waals surface area contributed by atoms with E-state index in [9.17, 15) is 48.9 Å². The molecule has 7 unspecified atom stereocenters. The monoisotopic (exact) mass is 1020 g/mol. The zero-order valence-corrected chi connectivity index (χ0v) is 41.3. The van der Waals surface area contributed by atoms with Crippen LogP contribution in [0, 0.1) is 0 Å². The fourth-order valence-electron chi connectivity index (χ4n) is 7.73. The molecule has 71 heavy (non-hydrogen) atoms. The van der Waals surface area contributed by atoms with E-state index in [-0.39, 0.29) is 43.7 Å². The molecule has 1 aromatic heterocycles. The quantitative estimate of drug-likeness (QED) is 0.0455. The number of para-hydroxylation sites is 1. The highest BCUT2D eigenvalue weighted by molar-refractivity contribution is 8.76. The Morgan fingerprint density at radius 2 is 1.31 bits per heavy atom. The predicted molar refractivity (Wildman–Crippen MR) is 272 cm³/mol. The van der Waals surface area contributed by atoms with Gasteiger partial charge in [-0.15, -0.1) is 0 Å². The molecular weight excluding hydrogens is 953 g/mol. The lowest BCUT2D eigenvalue weighted by atomic mass is 10.0. The van der Waals surface area contributed by atoms with E-state index in [4.69, 9.17) is 11.5 Å². The summed E-state index contributed by atoms with van der Waals surface area (Å²) in [5.41, 5.74) is 15.0. The summed E-state index contributed by atoms with van der Waals surface area (Å²) in [7, 11) is 2.06. The first kappa shape index (κ1) is 55.9. The molecule has 2 heterocycles. The maximum atomic E-state index is 14.7. The number of aromatic nitrogens is 1. The topological polar surface area (TPSA) is 332 Å². The number of carbonyl (C=O) groups is 7. The van der Waals surface area contributed by atoms with Crippen molar-refractivity contribution in [3.05, 3.63) is 108 Å². The highest BCUT2D eigenvalue weighted by atomic mass is 33.1. The molecule has 384 valence electrons. The van der Waals surface area contributed by atoms with E-state index >= 15 is 0 Å². The molecule has 20 nitrogen and oxygen atoms in total. The zero-order valence-electron chi connectivity index (χ0n) is 39.7. The third-order valence-corrected chi connectivity index (χ3v) is 14.3. The number of nitrogens with two attached hydrogens (primary N) is 2. The molecule has 1 fully saturated rings. The molecule has 3 aromatic carbocycles. The van der Waals surface area contributed by atoms with Crippen LogP contribution in [-0.4, -0.2) is 147 Å². The number of hydrogen-bond donors (Lipinski definition) is 13. The number of aliphatic hydroxyl groups is 3. The Morgan fingerprint density at radius 1 is 0.718 bits per heavy atom. The second kappa shape index (κ2) is 28.1. The van der Waals surface area contributed by atoms with Crippen LogP contribution >= 0.6 is 21.6 Å². The smallest absolute Gasteiger partial charge is 0.245 e. The number of aromatic amines is 1. The molecule has 10 atom stereocenters. The van der Waals surface area contributed by atoms with Crippen LogP contribution in [-0.2, 0) is 52.8 Å². The number of hydrogen-bond acceptors (Lipinski definition) is 14. The Morgan fingerprint density at radius 3 is 1.96 bits per heavy atom. The van der Waals surface area contributed by atoms with Crippen LogP contribution in [0.1, 0.15) is 49.8 Å². The van der Waals surface area contributed by atoms with Gasteiger partial charge >= 0.3 is 0 Å². The Hall–Kier alpha value is -6.01. The number of nitrogens with one attached hydrogen (secondary N) is 8. The summed E-state index contributed by atoms with van der Waals surface area (Å²) in [6.45, 7) is 2.23. The van der Waals surface area contributed by atoms with Crippen molar-refractivity contribution in [3.8, 4) is 0 Å². The van der Waals surface area contributed by atoms with E-state index in [1.807, 2.05) is 30.3 Å². The molecule has 0 radical (unpaired) electrons. The van der Waals surface area contributed by atoms with E-state index in [2.05, 4.69) is 42.2 Å². The number of benzene rings is 3. The molecule has 4 aromatic rings. The van der Waals surface area contributed by atoms with Crippen LogP contribution in [0.5, 0.6) is 0 Å². The van der Waals surface area contributed by atoms with Crippen LogP contribution < -0.4 is 48.7 Å². The van der Waals surface area contributed by atoms with Crippen molar-refractivity contribution >= 4 is 73.8 Å². The van der Waals surface area contributed by atoms with Gasteiger partial charge in [0, 0.05) is 41.4 Å². The number of carbonyl (C=O) groups excluding carboxylic acids is 7. The van der Waals surface area contributed by atoms with E-state index in [0.717, 1.165) is 38.1 Å². The van der Waals surface area contributed by atoms with E-state index < -0.39 is 108 Å². The van der Waals surface area contributed by atoms with Gasteiger partial charge in [-0.3, -0.25) is 33.6 Å². The molecule has 1 aliphatic heterocycles. The maximum Gasteiger partial charge on any atom is 0.245 e. The van der Waals surface area contributed by atoms with Gasteiger partial charge in [0.1, 0.15) is 36.3 Å². The van der Waals surface area contributed by atoms with Crippen molar-refractivity contribution in [2.45, 2.75) is 113 Å². The van der Waals surface area contributed by atoms with E-state index in [1.54, 1.807) is 60.8 Å². The van der Waals surface area contributed by atoms with Crippen molar-refractivity contribution in [2.75, 3.05) is 24.7 Å². The lowest BCUT2D eigenvalue weighted by Crippen LogP contribution is -2.62. The Kier molecular flexibility index (Phi) is 22.2. The normalized spacial score (nSPS) is 22.8. The largest absolute Gasteiger partial charge is 0.394 e. The average molecular weight is 1020 g/mol. The zero-order chi connectivity index (χ0) is 51.5. The van der Waals surface area contributed by atoms with Crippen LogP contribution in [0.15, 0.2) is 91.1 Å². The summed E-state index contributed by atoms with van der Waals surface area (Å²) in [5, 5.41) is 50.5. The van der Waals surface area contributed by atoms with E-state index in [1.165, 1.54) is 13.8 Å². The number of amides is 7. The number of unbranched alkanes of at least 4 members (excludes halogenated alkanes) is 1. The van der Waals surface area contributed by atoms with Crippen molar-refractivity contribution in [2.24, 2.45) is 11.5 Å². The molecular formula is C49H66N10O10S2. The fourth-order valence-corrected chi connectivity index (χ4v) is 10.1. The minimum atomic E-state index is -1.66. The first-order valence-electron chi connectivity index (χ1n) is 23.5. The van der Waals surface area contributed by atoms with Gasteiger partial charge in [-0.05, 0) is 68.8 Å². The summed E-state index contributed by atoms with van der Waals surface area (Å²) in [6, 6.07) is 14.6. The molecule has 7 amide bonds. The number of rotatable bonds is 17. The Labute approximate surface area is 420 Å². The fraction of sp³-hybridized carbons (Fsp3) is 0.449. The van der Waals surface area contributed by atoms with Crippen molar-refractivity contribution in [1.82, 2.24) is 42.2 Å². The number of H-pyrrole nitrogens is 1. The lowest BCUT2D eigenvalue weighted by Gasteiger charge is -2.29. The molecule has 1 saturated heterocycles. The van der Waals surface area contributed by atoms with Crippen molar-refractivity contribution in [1.29, 1.82) is 0 Å². The predicted octanol–water partition coefficient (Wildman–Crippen LogP) is -0.805.